The Balaban J connectivity index is 2.01. The third-order valence-corrected chi connectivity index (χ3v) is 4.08. The Bertz CT molecular complexity index is 678. The number of rotatable bonds is 7. The number of carbonyl (C=O) groups is 2. The van der Waals surface area contributed by atoms with Crippen molar-refractivity contribution < 1.29 is 19.2 Å². The van der Waals surface area contributed by atoms with Gasteiger partial charge in [0.25, 0.3) is 5.69 Å². The van der Waals surface area contributed by atoms with E-state index in [-0.39, 0.29) is 17.9 Å². The van der Waals surface area contributed by atoms with Crippen molar-refractivity contribution in [3.8, 4) is 0 Å². The minimum Gasteiger partial charge on any atom is -0.461 e. The van der Waals surface area contributed by atoms with Gasteiger partial charge in [0.05, 0.1) is 4.92 Å². The lowest BCUT2D eigenvalue weighted by Gasteiger charge is -2.25. The van der Waals surface area contributed by atoms with Crippen molar-refractivity contribution in [2.45, 2.75) is 26.2 Å². The van der Waals surface area contributed by atoms with E-state index in [0.29, 0.717) is 12.1 Å². The maximum absolute atomic E-state index is 12.2. The first kappa shape index (κ1) is 18.8. The highest BCUT2D eigenvalue weighted by atomic mass is 16.6. The standard InChI is InChI=1S/C18H22N2O5/c1-14(21)17(13-15-6-5-7-16(12-15)20(23)24)18(22)25-11-10-19-8-3-2-4-9-19/h5-7,12-13H,2-4,8-11H2,1H3/b17-13+. The van der Waals surface area contributed by atoms with Gasteiger partial charge in [-0.1, -0.05) is 18.6 Å². The molecule has 0 radical (unpaired) electrons. The second-order valence-corrected chi connectivity index (χ2v) is 6.00. The SMILES string of the molecule is CC(=O)/C(=C\c1cccc([N+](=O)[O-])c1)C(=O)OCCN1CCCCC1. The number of ether oxygens (including phenoxy) is 1. The third kappa shape index (κ3) is 5.79. The molecule has 0 amide bonds. The van der Waals surface area contributed by atoms with Crippen LogP contribution in [-0.2, 0) is 14.3 Å². The molecule has 134 valence electrons. The van der Waals surface area contributed by atoms with Crippen molar-refractivity contribution in [3.63, 3.8) is 0 Å². The predicted octanol–water partition coefficient (Wildman–Crippen LogP) is 2.60. The van der Waals surface area contributed by atoms with Crippen molar-refractivity contribution in [1.29, 1.82) is 0 Å². The highest BCUT2D eigenvalue weighted by Gasteiger charge is 2.18. The zero-order valence-electron chi connectivity index (χ0n) is 14.3. The second kappa shape index (κ2) is 9.08. The smallest absolute Gasteiger partial charge is 0.341 e. The van der Waals surface area contributed by atoms with Crippen molar-refractivity contribution in [2.24, 2.45) is 0 Å². The van der Waals surface area contributed by atoms with Gasteiger partial charge < -0.3 is 4.74 Å². The molecule has 7 nitrogen and oxygen atoms in total. The largest absolute Gasteiger partial charge is 0.461 e. The summed E-state index contributed by atoms with van der Waals surface area (Å²) in [5, 5.41) is 10.8. The Morgan fingerprint density at radius 3 is 2.64 bits per heavy atom. The quantitative estimate of drug-likeness (QED) is 0.188. The van der Waals surface area contributed by atoms with E-state index in [1.54, 1.807) is 6.07 Å². The van der Waals surface area contributed by atoms with Gasteiger partial charge in [0.2, 0.25) is 0 Å². The summed E-state index contributed by atoms with van der Waals surface area (Å²) >= 11 is 0. The van der Waals surface area contributed by atoms with Gasteiger partial charge in [-0.2, -0.15) is 0 Å². The molecule has 0 spiro atoms. The van der Waals surface area contributed by atoms with Crippen molar-refractivity contribution in [1.82, 2.24) is 4.90 Å². The Morgan fingerprint density at radius 2 is 2.00 bits per heavy atom. The normalized spacial score (nSPS) is 15.6. The minimum atomic E-state index is -0.698. The summed E-state index contributed by atoms with van der Waals surface area (Å²) in [5.41, 5.74) is 0.196. The van der Waals surface area contributed by atoms with E-state index < -0.39 is 16.7 Å². The van der Waals surface area contributed by atoms with Gasteiger partial charge in [-0.3, -0.25) is 19.8 Å². The van der Waals surface area contributed by atoms with Gasteiger partial charge in [0.1, 0.15) is 12.2 Å². The lowest BCUT2D eigenvalue weighted by Crippen LogP contribution is -2.33. The molecule has 1 fully saturated rings. The number of piperidine rings is 1. The summed E-state index contributed by atoms with van der Waals surface area (Å²) in [6, 6.07) is 5.76. The number of hydrogen-bond acceptors (Lipinski definition) is 6. The van der Waals surface area contributed by atoms with Crippen molar-refractivity contribution >= 4 is 23.5 Å². The van der Waals surface area contributed by atoms with E-state index in [4.69, 9.17) is 4.74 Å². The molecule has 0 saturated carbocycles. The van der Waals surface area contributed by atoms with Crippen molar-refractivity contribution in [2.75, 3.05) is 26.2 Å². The summed E-state index contributed by atoms with van der Waals surface area (Å²) in [6.07, 6.45) is 4.87. The number of likely N-dealkylation sites (tertiary alicyclic amines) is 1. The van der Waals surface area contributed by atoms with Gasteiger partial charge in [0, 0.05) is 18.7 Å². The molecule has 0 aromatic heterocycles. The number of Topliss-reactive ketones (excluding diaryl/α,β-unsaturated/α-hetero) is 1. The van der Waals surface area contributed by atoms with Crippen LogP contribution in [0.5, 0.6) is 0 Å². The Labute approximate surface area is 146 Å². The van der Waals surface area contributed by atoms with Crippen LogP contribution in [-0.4, -0.2) is 47.8 Å². The summed E-state index contributed by atoms with van der Waals surface area (Å²) in [6.45, 7) is 4.14. The van der Waals surface area contributed by atoms with Crippen LogP contribution in [0.25, 0.3) is 6.08 Å². The molecular formula is C18H22N2O5. The highest BCUT2D eigenvalue weighted by molar-refractivity contribution is 6.19. The number of nitro benzene ring substituents is 1. The monoisotopic (exact) mass is 346 g/mol. The summed E-state index contributed by atoms with van der Waals surface area (Å²) in [7, 11) is 0. The highest BCUT2D eigenvalue weighted by Crippen LogP contribution is 2.17. The number of nitro groups is 1. The molecule has 1 aliphatic rings. The van der Waals surface area contributed by atoms with E-state index in [2.05, 4.69) is 4.90 Å². The van der Waals surface area contributed by atoms with Gasteiger partial charge >= 0.3 is 5.97 Å². The van der Waals surface area contributed by atoms with Gasteiger partial charge in [-0.25, -0.2) is 4.79 Å². The fraction of sp³-hybridized carbons (Fsp3) is 0.444. The molecule has 0 atom stereocenters. The van der Waals surface area contributed by atoms with Crippen LogP contribution in [0.4, 0.5) is 5.69 Å². The molecule has 1 aromatic carbocycles. The summed E-state index contributed by atoms with van der Waals surface area (Å²) in [4.78, 5) is 36.5. The molecule has 0 unspecified atom stereocenters. The molecule has 2 rings (SSSR count). The van der Waals surface area contributed by atoms with Crippen LogP contribution < -0.4 is 0 Å². The Hall–Kier alpha value is -2.54. The van der Waals surface area contributed by atoms with E-state index in [0.717, 1.165) is 25.9 Å². The van der Waals surface area contributed by atoms with Gasteiger partial charge in [-0.15, -0.1) is 0 Å². The number of nitrogens with zero attached hydrogens (tertiary/aromatic N) is 2. The number of benzene rings is 1. The number of ketones is 1. The number of non-ortho nitro benzene ring substituents is 1. The molecule has 1 heterocycles. The fourth-order valence-corrected chi connectivity index (χ4v) is 2.73. The number of hydrogen-bond donors (Lipinski definition) is 0. The lowest BCUT2D eigenvalue weighted by molar-refractivity contribution is -0.384. The van der Waals surface area contributed by atoms with Crippen LogP contribution in [0, 0.1) is 10.1 Å². The summed E-state index contributed by atoms with van der Waals surface area (Å²) < 4.78 is 5.21. The van der Waals surface area contributed by atoms with Crippen LogP contribution >= 0.6 is 0 Å². The molecule has 0 bridgehead atoms. The second-order valence-electron chi connectivity index (χ2n) is 6.00. The van der Waals surface area contributed by atoms with Crippen LogP contribution in [0.2, 0.25) is 0 Å². The van der Waals surface area contributed by atoms with Crippen LogP contribution in [0.15, 0.2) is 29.8 Å². The third-order valence-electron chi connectivity index (χ3n) is 4.08. The molecular weight excluding hydrogens is 324 g/mol. The first-order valence-electron chi connectivity index (χ1n) is 8.34. The average Bonchev–Trinajstić information content (AvgIpc) is 2.60. The van der Waals surface area contributed by atoms with E-state index >= 15 is 0 Å². The summed E-state index contributed by atoms with van der Waals surface area (Å²) in [5.74, 6) is -1.13. The lowest BCUT2D eigenvalue weighted by atomic mass is 10.1. The first-order chi connectivity index (χ1) is 12.0. The maximum Gasteiger partial charge on any atom is 0.341 e. The minimum absolute atomic E-state index is 0.102. The molecule has 1 saturated heterocycles. The number of esters is 1. The zero-order valence-corrected chi connectivity index (χ0v) is 14.3. The maximum atomic E-state index is 12.2. The average molecular weight is 346 g/mol. The predicted molar refractivity (Wildman–Crippen MR) is 93.0 cm³/mol. The van der Waals surface area contributed by atoms with E-state index in [1.807, 2.05) is 0 Å². The molecule has 1 aromatic rings. The zero-order chi connectivity index (χ0) is 18.2. The van der Waals surface area contributed by atoms with Crippen LogP contribution in [0.3, 0.4) is 0 Å². The Morgan fingerprint density at radius 1 is 1.28 bits per heavy atom. The van der Waals surface area contributed by atoms with Crippen molar-refractivity contribution in [3.05, 3.63) is 45.5 Å². The van der Waals surface area contributed by atoms with Crippen LogP contribution in [0.1, 0.15) is 31.7 Å². The fourth-order valence-electron chi connectivity index (χ4n) is 2.73. The number of carbonyl (C=O) groups excluding carboxylic acids is 2. The molecule has 25 heavy (non-hydrogen) atoms. The molecule has 7 heteroatoms. The topological polar surface area (TPSA) is 89.8 Å². The molecule has 1 aliphatic heterocycles. The van der Waals surface area contributed by atoms with Gasteiger partial charge in [-0.05, 0) is 44.5 Å². The van der Waals surface area contributed by atoms with E-state index in [1.165, 1.54) is 37.6 Å². The molecule has 0 aliphatic carbocycles. The Kier molecular flexibility index (Phi) is 6.82. The van der Waals surface area contributed by atoms with E-state index in [9.17, 15) is 19.7 Å². The van der Waals surface area contributed by atoms with Gasteiger partial charge in [0.15, 0.2) is 5.78 Å². The molecule has 0 N–H and O–H groups in total. The first-order valence-corrected chi connectivity index (χ1v) is 8.34.